The SMILES string of the molecule is CC(C)CNC(=O)C(C)N(Cc1ccccc1)C(=O)CN(C)S(C)(=O)=O. The average molecular weight is 384 g/mol. The second-order valence-corrected chi connectivity index (χ2v) is 8.93. The maximum atomic E-state index is 12.7. The summed E-state index contributed by atoms with van der Waals surface area (Å²) < 4.78 is 24.2. The maximum absolute atomic E-state index is 12.7. The summed E-state index contributed by atoms with van der Waals surface area (Å²) in [6, 6.07) is 8.58. The van der Waals surface area contributed by atoms with E-state index in [1.165, 1.54) is 11.9 Å². The number of hydrogen-bond donors (Lipinski definition) is 1. The summed E-state index contributed by atoms with van der Waals surface area (Å²) in [5.41, 5.74) is 0.867. The van der Waals surface area contributed by atoms with Gasteiger partial charge in [0.05, 0.1) is 12.8 Å². The number of carbonyl (C=O) groups excluding carboxylic acids is 2. The molecule has 2 amide bonds. The lowest BCUT2D eigenvalue weighted by atomic mass is 10.1. The van der Waals surface area contributed by atoms with Gasteiger partial charge in [-0.1, -0.05) is 44.2 Å². The molecule has 0 aromatic heterocycles. The molecule has 0 fully saturated rings. The van der Waals surface area contributed by atoms with Crippen LogP contribution in [-0.2, 0) is 26.2 Å². The lowest BCUT2D eigenvalue weighted by Crippen LogP contribution is -2.51. The minimum Gasteiger partial charge on any atom is -0.354 e. The normalized spacial score (nSPS) is 12.9. The van der Waals surface area contributed by atoms with E-state index in [1.807, 2.05) is 44.2 Å². The molecule has 0 bridgehead atoms. The van der Waals surface area contributed by atoms with Gasteiger partial charge in [0, 0.05) is 20.1 Å². The van der Waals surface area contributed by atoms with Gasteiger partial charge < -0.3 is 10.2 Å². The first-order valence-corrected chi connectivity index (χ1v) is 10.4. The van der Waals surface area contributed by atoms with E-state index in [0.29, 0.717) is 12.5 Å². The van der Waals surface area contributed by atoms with E-state index in [-0.39, 0.29) is 19.0 Å². The number of nitrogens with zero attached hydrogens (tertiary/aromatic N) is 2. The average Bonchev–Trinajstić information content (AvgIpc) is 2.56. The fourth-order valence-electron chi connectivity index (χ4n) is 2.21. The van der Waals surface area contributed by atoms with Crippen molar-refractivity contribution in [3.05, 3.63) is 35.9 Å². The van der Waals surface area contributed by atoms with Crippen molar-refractivity contribution in [3.63, 3.8) is 0 Å². The highest BCUT2D eigenvalue weighted by Gasteiger charge is 2.28. The fraction of sp³-hybridized carbons (Fsp3) is 0.556. The Balaban J connectivity index is 2.97. The number of benzene rings is 1. The molecule has 0 radical (unpaired) electrons. The molecule has 0 aliphatic heterocycles. The third-order valence-corrected chi connectivity index (χ3v) is 5.23. The number of carbonyl (C=O) groups is 2. The van der Waals surface area contributed by atoms with E-state index in [2.05, 4.69) is 5.32 Å². The van der Waals surface area contributed by atoms with Crippen LogP contribution in [0.15, 0.2) is 30.3 Å². The van der Waals surface area contributed by atoms with E-state index in [1.54, 1.807) is 6.92 Å². The minimum atomic E-state index is -3.49. The van der Waals surface area contributed by atoms with E-state index >= 15 is 0 Å². The molecule has 26 heavy (non-hydrogen) atoms. The van der Waals surface area contributed by atoms with Crippen molar-refractivity contribution in [1.29, 1.82) is 0 Å². The molecule has 0 aliphatic carbocycles. The van der Waals surface area contributed by atoms with Crippen molar-refractivity contribution >= 4 is 21.8 Å². The van der Waals surface area contributed by atoms with E-state index in [4.69, 9.17) is 0 Å². The maximum Gasteiger partial charge on any atom is 0.242 e. The van der Waals surface area contributed by atoms with Gasteiger partial charge in [0.25, 0.3) is 0 Å². The molecule has 0 saturated carbocycles. The van der Waals surface area contributed by atoms with Gasteiger partial charge in [-0.2, -0.15) is 4.31 Å². The van der Waals surface area contributed by atoms with Crippen molar-refractivity contribution < 1.29 is 18.0 Å². The molecular formula is C18H29N3O4S. The molecule has 0 heterocycles. The minimum absolute atomic E-state index is 0.230. The molecule has 1 aromatic carbocycles. The predicted octanol–water partition coefficient (Wildman–Crippen LogP) is 1.07. The van der Waals surface area contributed by atoms with Crippen LogP contribution < -0.4 is 5.32 Å². The number of hydrogen-bond acceptors (Lipinski definition) is 4. The van der Waals surface area contributed by atoms with Crippen LogP contribution in [0, 0.1) is 5.92 Å². The molecule has 0 aliphatic rings. The summed E-state index contributed by atoms with van der Waals surface area (Å²) >= 11 is 0. The monoisotopic (exact) mass is 383 g/mol. The zero-order valence-corrected chi connectivity index (χ0v) is 16.9. The van der Waals surface area contributed by atoms with Crippen LogP contribution in [0.2, 0.25) is 0 Å². The van der Waals surface area contributed by atoms with Crippen LogP contribution in [0.5, 0.6) is 0 Å². The standard InChI is InChI=1S/C18H29N3O4S/c1-14(2)11-19-18(23)15(3)21(12-16-9-7-6-8-10-16)17(22)13-20(4)26(5,24)25/h6-10,14-15H,11-13H2,1-5H3,(H,19,23). The van der Waals surface area contributed by atoms with Gasteiger partial charge in [0.2, 0.25) is 21.8 Å². The van der Waals surface area contributed by atoms with Crippen LogP contribution in [0.3, 0.4) is 0 Å². The van der Waals surface area contributed by atoms with Crippen molar-refractivity contribution in [2.45, 2.75) is 33.4 Å². The molecule has 1 atom stereocenters. The van der Waals surface area contributed by atoms with Gasteiger partial charge in [-0.3, -0.25) is 9.59 Å². The third-order valence-electron chi connectivity index (χ3n) is 3.97. The highest BCUT2D eigenvalue weighted by Crippen LogP contribution is 2.11. The van der Waals surface area contributed by atoms with Crippen molar-refractivity contribution in [1.82, 2.24) is 14.5 Å². The number of sulfonamides is 1. The molecule has 146 valence electrons. The van der Waals surface area contributed by atoms with Crippen molar-refractivity contribution in [2.75, 3.05) is 26.4 Å². The molecule has 1 unspecified atom stereocenters. The second kappa shape index (κ2) is 9.68. The Kier molecular flexibility index (Phi) is 8.23. The Morgan fingerprint density at radius 1 is 1.12 bits per heavy atom. The molecule has 0 saturated heterocycles. The van der Waals surface area contributed by atoms with Crippen LogP contribution in [-0.4, -0.2) is 61.9 Å². The fourth-order valence-corrected chi connectivity index (χ4v) is 2.56. The summed E-state index contributed by atoms with van der Waals surface area (Å²) in [5, 5.41) is 2.82. The quantitative estimate of drug-likeness (QED) is 0.691. The van der Waals surface area contributed by atoms with E-state index in [0.717, 1.165) is 16.1 Å². The van der Waals surface area contributed by atoms with Gasteiger partial charge in [-0.05, 0) is 18.4 Å². The molecule has 1 N–H and O–H groups in total. The lowest BCUT2D eigenvalue weighted by Gasteiger charge is -2.30. The molecular weight excluding hydrogens is 354 g/mol. The zero-order valence-electron chi connectivity index (χ0n) is 16.1. The Labute approximate surface area is 156 Å². The van der Waals surface area contributed by atoms with Gasteiger partial charge in [-0.15, -0.1) is 0 Å². The summed E-state index contributed by atoms with van der Waals surface area (Å²) in [4.78, 5) is 26.6. The Hall–Kier alpha value is -1.93. The summed E-state index contributed by atoms with van der Waals surface area (Å²) in [5.74, 6) is -0.389. The Bertz CT molecular complexity index is 704. The molecule has 8 heteroatoms. The summed E-state index contributed by atoms with van der Waals surface area (Å²) in [6.07, 6.45) is 1.04. The first-order valence-electron chi connectivity index (χ1n) is 8.54. The van der Waals surface area contributed by atoms with E-state index < -0.39 is 22.0 Å². The van der Waals surface area contributed by atoms with Crippen LogP contribution in [0.1, 0.15) is 26.3 Å². The smallest absolute Gasteiger partial charge is 0.242 e. The van der Waals surface area contributed by atoms with Crippen LogP contribution in [0.25, 0.3) is 0 Å². The molecule has 1 aromatic rings. The topological polar surface area (TPSA) is 86.8 Å². The predicted molar refractivity (Wildman–Crippen MR) is 102 cm³/mol. The Morgan fingerprint density at radius 2 is 1.69 bits per heavy atom. The van der Waals surface area contributed by atoms with Crippen molar-refractivity contribution in [3.8, 4) is 0 Å². The Morgan fingerprint density at radius 3 is 2.19 bits per heavy atom. The zero-order chi connectivity index (χ0) is 19.9. The highest BCUT2D eigenvalue weighted by atomic mass is 32.2. The summed E-state index contributed by atoms with van der Waals surface area (Å²) in [7, 11) is -2.14. The molecule has 7 nitrogen and oxygen atoms in total. The first-order chi connectivity index (χ1) is 12.0. The number of rotatable bonds is 9. The number of amides is 2. The third kappa shape index (κ3) is 7.13. The largest absolute Gasteiger partial charge is 0.354 e. The van der Waals surface area contributed by atoms with Crippen LogP contribution in [0.4, 0.5) is 0 Å². The summed E-state index contributed by atoms with van der Waals surface area (Å²) in [6.45, 7) is 6.05. The van der Waals surface area contributed by atoms with Gasteiger partial charge in [0.1, 0.15) is 6.04 Å². The van der Waals surface area contributed by atoms with Gasteiger partial charge >= 0.3 is 0 Å². The van der Waals surface area contributed by atoms with Gasteiger partial charge in [-0.25, -0.2) is 8.42 Å². The molecule has 1 rings (SSSR count). The van der Waals surface area contributed by atoms with Crippen molar-refractivity contribution in [2.24, 2.45) is 5.92 Å². The lowest BCUT2D eigenvalue weighted by molar-refractivity contribution is -0.140. The number of nitrogens with one attached hydrogen (secondary N) is 1. The van der Waals surface area contributed by atoms with Gasteiger partial charge in [0.15, 0.2) is 0 Å². The first kappa shape index (κ1) is 22.1. The second-order valence-electron chi connectivity index (χ2n) is 6.84. The van der Waals surface area contributed by atoms with Crippen LogP contribution >= 0.6 is 0 Å². The highest BCUT2D eigenvalue weighted by molar-refractivity contribution is 7.88. The number of likely N-dealkylation sites (N-methyl/N-ethyl adjacent to an activating group) is 1. The molecule has 0 spiro atoms. The van der Waals surface area contributed by atoms with E-state index in [9.17, 15) is 18.0 Å².